The average Bonchev–Trinajstić information content (AvgIpc) is 2.01. The molecule has 0 radical (unpaired) electrons. The van der Waals surface area contributed by atoms with E-state index in [9.17, 15) is 0 Å². The lowest BCUT2D eigenvalue weighted by Crippen LogP contribution is -2.16. The zero-order valence-electron chi connectivity index (χ0n) is 7.38. The van der Waals surface area contributed by atoms with Crippen LogP contribution in [0.4, 0.5) is 0 Å². The Kier molecular flexibility index (Phi) is 7.89. The second-order valence-electron chi connectivity index (χ2n) is 2.42. The topological polar surface area (TPSA) is 38.7 Å². The van der Waals surface area contributed by atoms with E-state index in [4.69, 9.17) is 14.6 Å². The van der Waals surface area contributed by atoms with Crippen LogP contribution in [0.3, 0.4) is 0 Å². The molecule has 0 aliphatic heterocycles. The summed E-state index contributed by atoms with van der Waals surface area (Å²) in [5.41, 5.74) is 0. The first-order valence-electron chi connectivity index (χ1n) is 4.11. The van der Waals surface area contributed by atoms with Crippen molar-refractivity contribution in [2.75, 3.05) is 26.4 Å². The Morgan fingerprint density at radius 2 is 2.18 bits per heavy atom. The van der Waals surface area contributed by atoms with Crippen LogP contribution in [0.1, 0.15) is 20.3 Å². The monoisotopic (exact) mass is 162 g/mol. The summed E-state index contributed by atoms with van der Waals surface area (Å²) < 4.78 is 10.4. The van der Waals surface area contributed by atoms with Gasteiger partial charge in [0.05, 0.1) is 12.7 Å². The van der Waals surface area contributed by atoms with Gasteiger partial charge in [0.1, 0.15) is 0 Å². The molecule has 68 valence electrons. The molecule has 1 N–H and O–H groups in total. The molecule has 0 fully saturated rings. The molecule has 0 saturated heterocycles. The van der Waals surface area contributed by atoms with Gasteiger partial charge in [-0.2, -0.15) is 0 Å². The zero-order chi connectivity index (χ0) is 8.53. The molecular weight excluding hydrogens is 144 g/mol. The summed E-state index contributed by atoms with van der Waals surface area (Å²) in [7, 11) is 0. The highest BCUT2D eigenvalue weighted by molar-refractivity contribution is 4.46. The van der Waals surface area contributed by atoms with Crippen molar-refractivity contribution in [3.8, 4) is 0 Å². The van der Waals surface area contributed by atoms with Crippen LogP contribution in [0, 0.1) is 0 Å². The van der Waals surface area contributed by atoms with Crippen molar-refractivity contribution in [3.05, 3.63) is 0 Å². The third-order valence-electron chi connectivity index (χ3n) is 1.26. The lowest BCUT2D eigenvalue weighted by atomic mass is 10.4. The summed E-state index contributed by atoms with van der Waals surface area (Å²) in [6.07, 6.45) is 0.845. The highest BCUT2D eigenvalue weighted by Gasteiger charge is 1.99. The van der Waals surface area contributed by atoms with Crippen molar-refractivity contribution in [1.29, 1.82) is 0 Å². The molecule has 1 atom stereocenters. The lowest BCUT2D eigenvalue weighted by molar-refractivity contribution is -0.00737. The minimum absolute atomic E-state index is 0.140. The smallest absolute Gasteiger partial charge is 0.0780 e. The van der Waals surface area contributed by atoms with Crippen molar-refractivity contribution < 1.29 is 14.6 Å². The molecule has 0 aromatic heterocycles. The van der Waals surface area contributed by atoms with Gasteiger partial charge in [0.15, 0.2) is 0 Å². The Balaban J connectivity index is 3.02. The molecule has 0 aliphatic rings. The van der Waals surface area contributed by atoms with Crippen molar-refractivity contribution in [2.45, 2.75) is 26.4 Å². The average molecular weight is 162 g/mol. The van der Waals surface area contributed by atoms with Crippen LogP contribution in [0.2, 0.25) is 0 Å². The lowest BCUT2D eigenvalue weighted by Gasteiger charge is -2.11. The van der Waals surface area contributed by atoms with Crippen molar-refractivity contribution in [3.63, 3.8) is 0 Å². The summed E-state index contributed by atoms with van der Waals surface area (Å²) >= 11 is 0. The van der Waals surface area contributed by atoms with E-state index in [1.165, 1.54) is 0 Å². The van der Waals surface area contributed by atoms with E-state index in [1.807, 2.05) is 13.8 Å². The van der Waals surface area contributed by atoms with Gasteiger partial charge >= 0.3 is 0 Å². The minimum Gasteiger partial charge on any atom is -0.396 e. The quantitative estimate of drug-likeness (QED) is 0.563. The predicted octanol–water partition coefficient (Wildman–Crippen LogP) is 0.810. The minimum atomic E-state index is 0.140. The summed E-state index contributed by atoms with van der Waals surface area (Å²) in [5.74, 6) is 0. The van der Waals surface area contributed by atoms with E-state index in [-0.39, 0.29) is 12.7 Å². The third kappa shape index (κ3) is 7.78. The number of hydrogen-bond donors (Lipinski definition) is 1. The summed E-state index contributed by atoms with van der Waals surface area (Å²) in [4.78, 5) is 0. The Hall–Kier alpha value is -0.120. The summed E-state index contributed by atoms with van der Waals surface area (Å²) in [6, 6.07) is 0. The largest absolute Gasteiger partial charge is 0.396 e. The van der Waals surface area contributed by atoms with Crippen LogP contribution in [0.25, 0.3) is 0 Å². The van der Waals surface area contributed by atoms with Crippen LogP contribution in [-0.2, 0) is 9.47 Å². The van der Waals surface area contributed by atoms with Gasteiger partial charge in [-0.05, 0) is 20.3 Å². The second-order valence-corrected chi connectivity index (χ2v) is 2.42. The number of rotatable bonds is 7. The van der Waals surface area contributed by atoms with Gasteiger partial charge in [0.25, 0.3) is 0 Å². The molecule has 0 aromatic rings. The van der Waals surface area contributed by atoms with Gasteiger partial charge in [0, 0.05) is 19.8 Å². The summed E-state index contributed by atoms with van der Waals surface area (Å²) in [6.45, 7) is 6.11. The van der Waals surface area contributed by atoms with Gasteiger partial charge in [-0.1, -0.05) is 0 Å². The molecule has 1 unspecified atom stereocenters. The molecule has 3 heteroatoms. The van der Waals surface area contributed by atoms with E-state index in [0.29, 0.717) is 19.6 Å². The van der Waals surface area contributed by atoms with Crippen LogP contribution in [-0.4, -0.2) is 37.6 Å². The van der Waals surface area contributed by atoms with Crippen LogP contribution >= 0.6 is 0 Å². The van der Waals surface area contributed by atoms with Crippen LogP contribution in [0.15, 0.2) is 0 Å². The molecule has 3 nitrogen and oxygen atoms in total. The third-order valence-corrected chi connectivity index (χ3v) is 1.26. The van der Waals surface area contributed by atoms with Crippen molar-refractivity contribution in [1.82, 2.24) is 0 Å². The molecule has 0 aliphatic carbocycles. The molecular formula is C8H18O3. The molecule has 0 heterocycles. The first-order chi connectivity index (χ1) is 5.31. The molecule has 11 heavy (non-hydrogen) atoms. The number of aliphatic hydroxyl groups is 1. The summed E-state index contributed by atoms with van der Waals surface area (Å²) in [5, 5.41) is 8.44. The Morgan fingerprint density at radius 3 is 2.73 bits per heavy atom. The first kappa shape index (κ1) is 10.9. The number of ether oxygens (including phenoxy) is 2. The zero-order valence-corrected chi connectivity index (χ0v) is 7.38. The fourth-order valence-corrected chi connectivity index (χ4v) is 0.681. The maximum Gasteiger partial charge on any atom is 0.0780 e. The molecule has 0 amide bonds. The highest BCUT2D eigenvalue weighted by Crippen LogP contribution is 1.92. The normalized spacial score (nSPS) is 13.4. The number of aliphatic hydroxyl groups excluding tert-OH is 1. The Bertz CT molecular complexity index is 75.7. The van der Waals surface area contributed by atoms with E-state index >= 15 is 0 Å². The van der Waals surface area contributed by atoms with E-state index < -0.39 is 0 Å². The van der Waals surface area contributed by atoms with E-state index in [2.05, 4.69) is 0 Å². The van der Waals surface area contributed by atoms with Crippen molar-refractivity contribution in [2.24, 2.45) is 0 Å². The molecule has 0 aromatic carbocycles. The van der Waals surface area contributed by atoms with Gasteiger partial charge in [-0.15, -0.1) is 0 Å². The fraction of sp³-hybridized carbons (Fsp3) is 1.00. The molecule has 0 bridgehead atoms. The molecule has 0 spiro atoms. The number of hydrogen-bond acceptors (Lipinski definition) is 3. The SMILES string of the molecule is CCOCC(C)OCCCO. The Labute approximate surface area is 68.3 Å². The second kappa shape index (κ2) is 7.98. The van der Waals surface area contributed by atoms with E-state index in [0.717, 1.165) is 6.61 Å². The van der Waals surface area contributed by atoms with Crippen LogP contribution in [0.5, 0.6) is 0 Å². The van der Waals surface area contributed by atoms with Gasteiger partial charge in [0.2, 0.25) is 0 Å². The Morgan fingerprint density at radius 1 is 1.45 bits per heavy atom. The maximum absolute atomic E-state index is 8.44. The van der Waals surface area contributed by atoms with Gasteiger partial charge in [-0.3, -0.25) is 0 Å². The molecule has 0 saturated carbocycles. The highest BCUT2D eigenvalue weighted by atomic mass is 16.5. The first-order valence-corrected chi connectivity index (χ1v) is 4.11. The van der Waals surface area contributed by atoms with E-state index in [1.54, 1.807) is 0 Å². The predicted molar refractivity (Wildman–Crippen MR) is 43.6 cm³/mol. The van der Waals surface area contributed by atoms with Gasteiger partial charge < -0.3 is 14.6 Å². The van der Waals surface area contributed by atoms with Crippen LogP contribution < -0.4 is 0 Å². The van der Waals surface area contributed by atoms with Gasteiger partial charge in [-0.25, -0.2) is 0 Å². The molecule has 0 rings (SSSR count). The van der Waals surface area contributed by atoms with Crippen molar-refractivity contribution >= 4 is 0 Å². The fourth-order valence-electron chi connectivity index (χ4n) is 0.681. The standard InChI is InChI=1S/C8H18O3/c1-3-10-7-8(2)11-6-4-5-9/h8-9H,3-7H2,1-2H3. The maximum atomic E-state index is 8.44.